The molecule has 3 unspecified atom stereocenters. The maximum atomic E-state index is 5.50. The van der Waals surface area contributed by atoms with Crippen LogP contribution in [-0.4, -0.2) is 36.1 Å². The summed E-state index contributed by atoms with van der Waals surface area (Å²) in [6, 6.07) is 7.20. The molecule has 134 valence electrons. The van der Waals surface area contributed by atoms with Crippen molar-refractivity contribution in [1.82, 2.24) is 9.88 Å². The van der Waals surface area contributed by atoms with E-state index in [2.05, 4.69) is 48.9 Å². The van der Waals surface area contributed by atoms with Crippen molar-refractivity contribution in [3.05, 3.63) is 29.5 Å². The molecule has 1 N–H and O–H groups in total. The topological polar surface area (TPSA) is 28.3 Å². The molecule has 6 rings (SSSR count). The minimum atomic E-state index is 0.258. The highest BCUT2D eigenvalue weighted by Crippen LogP contribution is 2.56. The van der Waals surface area contributed by atoms with Crippen LogP contribution < -0.4 is 4.74 Å². The molecule has 4 bridgehead atoms. The molecule has 4 heterocycles. The van der Waals surface area contributed by atoms with Crippen LogP contribution in [0, 0.1) is 17.8 Å². The fourth-order valence-corrected chi connectivity index (χ4v) is 6.71. The van der Waals surface area contributed by atoms with Crippen LogP contribution in [0.3, 0.4) is 0 Å². The summed E-state index contributed by atoms with van der Waals surface area (Å²) in [6.45, 7) is 9.97. The molecule has 3 aliphatic heterocycles. The quantitative estimate of drug-likeness (QED) is 0.881. The maximum absolute atomic E-state index is 5.50. The summed E-state index contributed by atoms with van der Waals surface area (Å²) in [4.78, 5) is 6.70. The van der Waals surface area contributed by atoms with Crippen LogP contribution in [0.4, 0.5) is 0 Å². The number of nitrogens with one attached hydrogen (secondary N) is 1. The number of hydrogen-bond acceptors (Lipinski definition) is 2. The van der Waals surface area contributed by atoms with E-state index in [0.29, 0.717) is 6.04 Å². The van der Waals surface area contributed by atoms with Gasteiger partial charge in [0, 0.05) is 41.1 Å². The summed E-state index contributed by atoms with van der Waals surface area (Å²) in [7, 11) is 1.76. The van der Waals surface area contributed by atoms with Crippen LogP contribution in [0.5, 0.6) is 5.75 Å². The Kier molecular flexibility index (Phi) is 3.31. The van der Waals surface area contributed by atoms with Crippen LogP contribution in [-0.2, 0) is 11.8 Å². The van der Waals surface area contributed by atoms with Crippen LogP contribution in [0.15, 0.2) is 18.2 Å². The van der Waals surface area contributed by atoms with E-state index in [1.807, 2.05) is 0 Å². The lowest BCUT2D eigenvalue weighted by Gasteiger charge is -2.61. The van der Waals surface area contributed by atoms with Gasteiger partial charge in [-0.1, -0.05) is 27.2 Å². The second kappa shape index (κ2) is 5.26. The third-order valence-corrected chi connectivity index (χ3v) is 7.83. The van der Waals surface area contributed by atoms with Crippen molar-refractivity contribution < 1.29 is 4.74 Å². The monoisotopic (exact) mass is 338 g/mol. The van der Waals surface area contributed by atoms with Crippen molar-refractivity contribution in [1.29, 1.82) is 0 Å². The molecule has 6 atom stereocenters. The Bertz CT molecular complexity index is 825. The maximum Gasteiger partial charge on any atom is 0.119 e. The second-order valence-corrected chi connectivity index (χ2v) is 8.89. The first-order chi connectivity index (χ1) is 12.1. The Morgan fingerprint density at radius 2 is 2.20 bits per heavy atom. The highest BCUT2D eigenvalue weighted by Gasteiger charge is 2.58. The van der Waals surface area contributed by atoms with Crippen molar-refractivity contribution in [3.63, 3.8) is 0 Å². The lowest BCUT2D eigenvalue weighted by Crippen LogP contribution is -2.66. The molecule has 1 saturated carbocycles. The zero-order valence-corrected chi connectivity index (χ0v) is 15.9. The number of H-pyrrole nitrogens is 1. The van der Waals surface area contributed by atoms with Gasteiger partial charge in [-0.25, -0.2) is 0 Å². The number of fused-ring (bicyclic) bond motifs is 4. The van der Waals surface area contributed by atoms with Crippen molar-refractivity contribution in [2.24, 2.45) is 17.8 Å². The fraction of sp³-hybridized carbons (Fsp3) is 0.636. The first kappa shape index (κ1) is 15.7. The molecule has 1 aliphatic carbocycles. The van der Waals surface area contributed by atoms with Gasteiger partial charge in [0.2, 0.25) is 0 Å². The zero-order chi connectivity index (χ0) is 17.3. The molecule has 0 radical (unpaired) electrons. The van der Waals surface area contributed by atoms with Gasteiger partial charge >= 0.3 is 0 Å². The highest BCUT2D eigenvalue weighted by atomic mass is 16.5. The third kappa shape index (κ3) is 1.96. The van der Waals surface area contributed by atoms with Gasteiger partial charge in [-0.2, -0.15) is 0 Å². The predicted octanol–water partition coefficient (Wildman–Crippen LogP) is 4.36. The Morgan fingerprint density at radius 1 is 1.36 bits per heavy atom. The van der Waals surface area contributed by atoms with Gasteiger partial charge in [0.15, 0.2) is 0 Å². The number of methoxy groups -OCH3 is 1. The lowest BCUT2D eigenvalue weighted by molar-refractivity contribution is -0.0881. The molecule has 4 aliphatic rings. The van der Waals surface area contributed by atoms with Gasteiger partial charge in [-0.3, -0.25) is 4.90 Å². The van der Waals surface area contributed by atoms with Gasteiger partial charge in [0.05, 0.1) is 7.11 Å². The summed E-state index contributed by atoms with van der Waals surface area (Å²) in [6.07, 6.45) is 3.80. The minimum absolute atomic E-state index is 0.258. The molecule has 0 spiro atoms. The summed E-state index contributed by atoms with van der Waals surface area (Å²) in [5, 5.41) is 1.38. The molecule has 25 heavy (non-hydrogen) atoms. The predicted molar refractivity (Wildman–Crippen MR) is 102 cm³/mol. The normalized spacial score (nSPS) is 39.3. The Morgan fingerprint density at radius 3 is 2.96 bits per heavy atom. The van der Waals surface area contributed by atoms with E-state index in [9.17, 15) is 0 Å². The third-order valence-electron chi connectivity index (χ3n) is 7.83. The first-order valence-corrected chi connectivity index (χ1v) is 10.00. The van der Waals surface area contributed by atoms with E-state index in [-0.39, 0.29) is 5.41 Å². The highest BCUT2D eigenvalue weighted by molar-refractivity contribution is 5.86. The van der Waals surface area contributed by atoms with E-state index in [4.69, 9.17) is 4.74 Å². The molecule has 3 fully saturated rings. The molecule has 3 heteroatoms. The van der Waals surface area contributed by atoms with E-state index in [1.54, 1.807) is 12.7 Å². The number of aromatic nitrogens is 1. The van der Waals surface area contributed by atoms with Crippen LogP contribution in [0.25, 0.3) is 10.9 Å². The van der Waals surface area contributed by atoms with E-state index in [0.717, 1.165) is 29.9 Å². The van der Waals surface area contributed by atoms with Gasteiger partial charge in [-0.05, 0) is 54.4 Å². The van der Waals surface area contributed by atoms with E-state index in [1.165, 1.54) is 42.5 Å². The Balaban J connectivity index is 1.72. The van der Waals surface area contributed by atoms with E-state index < -0.39 is 0 Å². The molecule has 3 nitrogen and oxygen atoms in total. The molecule has 2 aromatic rings. The number of aromatic amines is 1. The molecule has 1 aromatic heterocycles. The molecular weight excluding hydrogens is 308 g/mol. The van der Waals surface area contributed by atoms with Crippen molar-refractivity contribution >= 4 is 10.9 Å². The van der Waals surface area contributed by atoms with Gasteiger partial charge in [0.25, 0.3) is 0 Å². The van der Waals surface area contributed by atoms with Gasteiger partial charge in [-0.15, -0.1) is 0 Å². The number of nitrogens with zero attached hydrogens (tertiary/aromatic N) is 1. The van der Waals surface area contributed by atoms with Crippen LogP contribution in [0.1, 0.15) is 44.9 Å². The number of rotatable bonds is 2. The van der Waals surface area contributed by atoms with Crippen molar-refractivity contribution in [3.8, 4) is 5.75 Å². The molecule has 1 aromatic carbocycles. The lowest BCUT2D eigenvalue weighted by atomic mass is 9.53. The summed E-state index contributed by atoms with van der Waals surface area (Å²) in [5.41, 5.74) is 4.61. The van der Waals surface area contributed by atoms with Gasteiger partial charge < -0.3 is 9.72 Å². The molecule has 2 saturated heterocycles. The number of hydrogen-bond donors (Lipinski definition) is 1. The first-order valence-electron chi connectivity index (χ1n) is 10.00. The summed E-state index contributed by atoms with van der Waals surface area (Å²) in [5.74, 6) is 3.50. The molecular formula is C22H30N2O. The standard InChI is InChI=1S/C22H30N2O/c1-5-16-13(2)14-11-22(3)20-17(8-9-24(12-14)21(16)22)18-10-15(25-4)6-7-19(18)23-20/h6-7,10,13-14,16,21,23H,5,8-9,11-12H2,1-4H3/t13-,14-,16?,21?,22-/m0/s1. The number of benzene rings is 1. The van der Waals surface area contributed by atoms with Crippen molar-refractivity contribution in [2.45, 2.75) is 51.5 Å². The Labute approximate surface area is 150 Å². The second-order valence-electron chi connectivity index (χ2n) is 8.89. The van der Waals surface area contributed by atoms with E-state index >= 15 is 0 Å². The van der Waals surface area contributed by atoms with Crippen LogP contribution in [0.2, 0.25) is 0 Å². The summed E-state index contributed by atoms with van der Waals surface area (Å²) >= 11 is 0. The smallest absolute Gasteiger partial charge is 0.119 e. The Hall–Kier alpha value is -1.48. The largest absolute Gasteiger partial charge is 0.497 e. The van der Waals surface area contributed by atoms with Crippen molar-refractivity contribution in [2.75, 3.05) is 20.2 Å². The average molecular weight is 338 g/mol. The average Bonchev–Trinajstić information content (AvgIpc) is 2.96. The number of ether oxygens (including phenoxy) is 1. The minimum Gasteiger partial charge on any atom is -0.497 e. The fourth-order valence-electron chi connectivity index (χ4n) is 6.71. The number of piperidine rings is 2. The zero-order valence-electron chi connectivity index (χ0n) is 15.9. The molecule has 0 amide bonds. The van der Waals surface area contributed by atoms with Gasteiger partial charge in [0.1, 0.15) is 5.75 Å². The van der Waals surface area contributed by atoms with Crippen LogP contribution >= 0.6 is 0 Å². The SMILES string of the molecule is CCC1C2N3CCc4c([nH]c5ccc(OC)cc45)[C@]2(C)C[C@@H](C3)[C@@H]1C. The summed E-state index contributed by atoms with van der Waals surface area (Å²) < 4.78 is 5.50.